The van der Waals surface area contributed by atoms with Crippen molar-refractivity contribution in [3.05, 3.63) is 70.3 Å². The van der Waals surface area contributed by atoms with Crippen LogP contribution in [0.1, 0.15) is 61.0 Å². The molecule has 0 radical (unpaired) electrons. The average Bonchev–Trinajstić information content (AvgIpc) is 2.91. The molecule has 5 rings (SSSR count). The molecule has 2 aromatic rings. The number of anilines is 1. The number of benzene rings is 2. The fraction of sp³-hybridized carbons (Fsp3) is 0.500. The normalized spacial score (nSPS) is 30.0. The smallest absolute Gasteiger partial charge is 0.264 e. The van der Waals surface area contributed by atoms with Gasteiger partial charge in [0.15, 0.2) is 0 Å². The van der Waals surface area contributed by atoms with Gasteiger partial charge in [0.2, 0.25) is 10.0 Å². The van der Waals surface area contributed by atoms with Gasteiger partial charge in [0, 0.05) is 23.7 Å². The first-order chi connectivity index (χ1) is 18.6. The summed E-state index contributed by atoms with van der Waals surface area (Å²) in [6.07, 6.45) is 7.55. The third-order valence-electron chi connectivity index (χ3n) is 8.68. The van der Waals surface area contributed by atoms with Gasteiger partial charge in [-0.25, -0.2) is 13.1 Å². The number of rotatable bonds is 0. The van der Waals surface area contributed by atoms with Gasteiger partial charge >= 0.3 is 0 Å². The highest BCUT2D eigenvalue weighted by atomic mass is 35.5. The number of halogens is 1. The molecule has 210 valence electrons. The second-order valence-corrected chi connectivity index (χ2v) is 13.7. The Bertz CT molecular complexity index is 1360. The minimum Gasteiger partial charge on any atom is -0.487 e. The van der Waals surface area contributed by atoms with Crippen molar-refractivity contribution in [2.75, 3.05) is 18.0 Å². The Kier molecular flexibility index (Phi) is 8.26. The van der Waals surface area contributed by atoms with E-state index in [-0.39, 0.29) is 23.3 Å². The molecular formula is C30H37ClN2O5S. The number of aliphatic hydroxyl groups is 1. The first-order valence-corrected chi connectivity index (χ1v) is 15.8. The molecule has 2 aliphatic heterocycles. The van der Waals surface area contributed by atoms with Gasteiger partial charge in [-0.05, 0) is 98.2 Å². The van der Waals surface area contributed by atoms with Crippen molar-refractivity contribution in [2.45, 2.75) is 63.9 Å². The van der Waals surface area contributed by atoms with Crippen LogP contribution in [-0.2, 0) is 23.1 Å². The van der Waals surface area contributed by atoms with E-state index >= 15 is 0 Å². The largest absolute Gasteiger partial charge is 0.487 e. The molecular weight excluding hydrogens is 536 g/mol. The molecule has 39 heavy (non-hydrogen) atoms. The fourth-order valence-electron chi connectivity index (χ4n) is 5.79. The van der Waals surface area contributed by atoms with Crippen molar-refractivity contribution < 1.29 is 23.1 Å². The second kappa shape index (κ2) is 11.5. The highest BCUT2D eigenvalue weighted by Crippen LogP contribution is 2.41. The van der Waals surface area contributed by atoms with Crippen molar-refractivity contribution in [1.29, 1.82) is 0 Å². The van der Waals surface area contributed by atoms with Crippen LogP contribution >= 0.6 is 11.6 Å². The zero-order valence-corrected chi connectivity index (χ0v) is 24.0. The molecule has 7 nitrogen and oxygen atoms in total. The molecule has 2 bridgehead atoms. The van der Waals surface area contributed by atoms with Crippen molar-refractivity contribution >= 4 is 33.2 Å². The third-order valence-corrected chi connectivity index (χ3v) is 10.8. The fourth-order valence-corrected chi connectivity index (χ4v) is 7.20. The Morgan fingerprint density at radius 1 is 1.05 bits per heavy atom. The van der Waals surface area contributed by atoms with Crippen LogP contribution in [0.5, 0.6) is 5.75 Å². The van der Waals surface area contributed by atoms with E-state index in [9.17, 15) is 18.3 Å². The summed E-state index contributed by atoms with van der Waals surface area (Å²) in [7, 11) is -3.94. The number of aliphatic hydroxyl groups excluding tert-OH is 1. The van der Waals surface area contributed by atoms with Gasteiger partial charge in [0.25, 0.3) is 5.91 Å². The van der Waals surface area contributed by atoms with E-state index < -0.39 is 27.3 Å². The monoisotopic (exact) mass is 572 g/mol. The van der Waals surface area contributed by atoms with Gasteiger partial charge in [-0.3, -0.25) is 4.79 Å². The molecule has 3 unspecified atom stereocenters. The highest BCUT2D eigenvalue weighted by Gasteiger charge is 2.37. The van der Waals surface area contributed by atoms with Gasteiger partial charge in [-0.1, -0.05) is 36.7 Å². The highest BCUT2D eigenvalue weighted by molar-refractivity contribution is 7.90. The lowest BCUT2D eigenvalue weighted by atomic mass is 9.70. The SMILES string of the molecule is C[C@@H]1[C@@H](C)/C=C/C(O)C2CCC2CN2CCCCc3cc(Cl)ccc3COc3ccc(cc32)C(=O)NS1(=O)=O. The Morgan fingerprint density at radius 3 is 2.64 bits per heavy atom. The topological polar surface area (TPSA) is 95.9 Å². The lowest BCUT2D eigenvalue weighted by Crippen LogP contribution is -2.43. The van der Waals surface area contributed by atoms with Crippen molar-refractivity contribution in [2.24, 2.45) is 17.8 Å². The molecule has 1 amide bonds. The van der Waals surface area contributed by atoms with Gasteiger partial charge in [0.05, 0.1) is 17.0 Å². The van der Waals surface area contributed by atoms with E-state index in [1.807, 2.05) is 18.2 Å². The number of aryl methyl sites for hydroxylation is 1. The molecule has 2 heterocycles. The number of nitrogens with one attached hydrogen (secondary N) is 1. The Morgan fingerprint density at radius 2 is 1.87 bits per heavy atom. The quantitative estimate of drug-likeness (QED) is 0.426. The lowest BCUT2D eigenvalue weighted by molar-refractivity contribution is 0.0460. The third kappa shape index (κ3) is 6.13. The summed E-state index contributed by atoms with van der Waals surface area (Å²) >= 11 is 6.28. The molecule has 3 aliphatic rings. The number of sulfonamides is 1. The molecule has 1 saturated carbocycles. The van der Waals surface area contributed by atoms with Gasteiger partial charge in [-0.15, -0.1) is 0 Å². The van der Waals surface area contributed by atoms with E-state index in [0.717, 1.165) is 56.4 Å². The van der Waals surface area contributed by atoms with E-state index in [1.165, 1.54) is 5.56 Å². The predicted octanol–water partition coefficient (Wildman–Crippen LogP) is 5.10. The molecule has 0 saturated heterocycles. The summed E-state index contributed by atoms with van der Waals surface area (Å²) in [5.41, 5.74) is 3.28. The minimum absolute atomic E-state index is 0.0994. The molecule has 0 aromatic heterocycles. The Labute approximate surface area is 236 Å². The summed E-state index contributed by atoms with van der Waals surface area (Å²) in [6.45, 7) is 5.20. The number of amides is 1. The van der Waals surface area contributed by atoms with Crippen molar-refractivity contribution in [3.8, 4) is 5.75 Å². The predicted molar refractivity (Wildman–Crippen MR) is 154 cm³/mol. The number of carbonyl (C=O) groups excluding carboxylic acids is 1. The summed E-state index contributed by atoms with van der Waals surface area (Å²) in [6, 6.07) is 11.0. The molecule has 0 spiro atoms. The van der Waals surface area contributed by atoms with Gasteiger partial charge in [-0.2, -0.15) is 0 Å². The molecule has 2 N–H and O–H groups in total. The number of carbonyl (C=O) groups is 1. The maximum Gasteiger partial charge on any atom is 0.264 e. The maximum absolute atomic E-state index is 13.2. The number of nitrogens with zero attached hydrogens (tertiary/aromatic N) is 1. The Hall–Kier alpha value is -2.55. The summed E-state index contributed by atoms with van der Waals surface area (Å²) < 4.78 is 34.7. The zero-order chi connectivity index (χ0) is 27.7. The van der Waals surface area contributed by atoms with Crippen LogP contribution in [0, 0.1) is 17.8 Å². The first-order valence-electron chi connectivity index (χ1n) is 13.8. The van der Waals surface area contributed by atoms with Crippen LogP contribution in [0.3, 0.4) is 0 Å². The first kappa shape index (κ1) is 28.0. The maximum atomic E-state index is 13.2. The number of hydrogen-bond donors (Lipinski definition) is 2. The van der Waals surface area contributed by atoms with Gasteiger partial charge in [0.1, 0.15) is 12.4 Å². The van der Waals surface area contributed by atoms with Crippen molar-refractivity contribution in [1.82, 2.24) is 4.72 Å². The molecule has 5 atom stereocenters. The second-order valence-electron chi connectivity index (χ2n) is 11.2. The van der Waals surface area contributed by atoms with E-state index in [1.54, 1.807) is 44.2 Å². The van der Waals surface area contributed by atoms with E-state index in [4.69, 9.17) is 16.3 Å². The van der Waals surface area contributed by atoms with Crippen LogP contribution < -0.4 is 14.4 Å². The number of hydrogen-bond acceptors (Lipinski definition) is 6. The molecule has 9 heteroatoms. The van der Waals surface area contributed by atoms with E-state index in [0.29, 0.717) is 17.4 Å². The van der Waals surface area contributed by atoms with Gasteiger partial charge < -0.3 is 14.7 Å². The number of fused-ring (bicyclic) bond motifs is 3. The standard InChI is InChI=1S/C30H37ClN2O5S/c1-19-6-12-28(34)26-11-8-23(26)17-33-14-4-3-5-21-15-25(31)10-7-24(21)18-38-29-13-9-22(16-27(29)33)30(35)32-39(36,37)20(19)2/h6-7,9-10,12-13,15-16,19-20,23,26,28,34H,3-5,8,11,14,17-18H2,1-2H3,(H,32,35)/b12-6+/t19-,20+,23?,26?,28?/m0/s1. The molecule has 1 aliphatic carbocycles. The number of ether oxygens (including phenoxy) is 1. The van der Waals surface area contributed by atoms with Crippen LogP contribution in [0.4, 0.5) is 5.69 Å². The zero-order valence-electron chi connectivity index (χ0n) is 22.5. The van der Waals surface area contributed by atoms with Crippen molar-refractivity contribution in [3.63, 3.8) is 0 Å². The molecule has 1 fully saturated rings. The van der Waals surface area contributed by atoms with E-state index in [2.05, 4.69) is 9.62 Å². The minimum atomic E-state index is -3.94. The molecule has 2 aromatic carbocycles. The summed E-state index contributed by atoms with van der Waals surface area (Å²) in [5.74, 6) is -0.0221. The lowest BCUT2D eigenvalue weighted by Gasteiger charge is -2.42. The van der Waals surface area contributed by atoms with Crippen LogP contribution in [-0.4, -0.2) is 43.9 Å². The number of allylic oxidation sites excluding steroid dienone is 1. The van der Waals surface area contributed by atoms with Crippen LogP contribution in [0.15, 0.2) is 48.6 Å². The van der Waals surface area contributed by atoms with Crippen LogP contribution in [0.2, 0.25) is 5.02 Å². The van der Waals surface area contributed by atoms with Crippen LogP contribution in [0.25, 0.3) is 0 Å². The average molecular weight is 573 g/mol. The Balaban J connectivity index is 1.55. The summed E-state index contributed by atoms with van der Waals surface area (Å²) in [5, 5.41) is 10.8. The summed E-state index contributed by atoms with van der Waals surface area (Å²) in [4.78, 5) is 15.4.